The zero-order valence-electron chi connectivity index (χ0n) is 11.3. The summed E-state index contributed by atoms with van der Waals surface area (Å²) in [6.45, 7) is -0.129. The number of ether oxygens (including phenoxy) is 1. The summed E-state index contributed by atoms with van der Waals surface area (Å²) in [7, 11) is 0. The van der Waals surface area contributed by atoms with E-state index in [2.05, 4.69) is 15.1 Å². The Kier molecular flexibility index (Phi) is 3.88. The van der Waals surface area contributed by atoms with Gasteiger partial charge in [0.2, 0.25) is 0 Å². The van der Waals surface area contributed by atoms with Crippen molar-refractivity contribution < 1.29 is 9.53 Å². The van der Waals surface area contributed by atoms with Gasteiger partial charge in [-0.15, -0.1) is 11.6 Å². The van der Waals surface area contributed by atoms with Crippen LogP contribution in [-0.4, -0.2) is 25.7 Å². The SMILES string of the molecule is O=C(OCn1ncc2c(=O)[nH]cnc21)c1ccc(CCl)cc1. The first-order valence-electron chi connectivity index (χ1n) is 6.40. The van der Waals surface area contributed by atoms with Crippen LogP contribution in [0, 0.1) is 0 Å². The van der Waals surface area contributed by atoms with Gasteiger partial charge in [0, 0.05) is 5.88 Å². The largest absolute Gasteiger partial charge is 0.439 e. The fourth-order valence-corrected chi connectivity index (χ4v) is 2.11. The molecule has 0 aliphatic carbocycles. The number of hydrogen-bond acceptors (Lipinski definition) is 5. The molecule has 0 fully saturated rings. The van der Waals surface area contributed by atoms with Crippen molar-refractivity contribution in [2.45, 2.75) is 12.6 Å². The van der Waals surface area contributed by atoms with Gasteiger partial charge in [-0.2, -0.15) is 5.10 Å². The van der Waals surface area contributed by atoms with Crippen LogP contribution in [0.15, 0.2) is 41.6 Å². The monoisotopic (exact) mass is 318 g/mol. The van der Waals surface area contributed by atoms with Crippen molar-refractivity contribution in [2.75, 3.05) is 0 Å². The minimum Gasteiger partial charge on any atom is -0.439 e. The van der Waals surface area contributed by atoms with Crippen molar-refractivity contribution in [3.05, 3.63) is 58.3 Å². The lowest BCUT2D eigenvalue weighted by molar-refractivity contribution is 0.0357. The molecule has 0 saturated heterocycles. The van der Waals surface area contributed by atoms with Crippen LogP contribution >= 0.6 is 11.6 Å². The van der Waals surface area contributed by atoms with E-state index in [-0.39, 0.29) is 12.3 Å². The Bertz CT molecular complexity index is 870. The molecule has 0 amide bonds. The van der Waals surface area contributed by atoms with E-state index in [0.717, 1.165) is 5.56 Å². The number of nitrogens with zero attached hydrogens (tertiary/aromatic N) is 3. The van der Waals surface area contributed by atoms with Crippen molar-refractivity contribution in [3.63, 3.8) is 0 Å². The van der Waals surface area contributed by atoms with E-state index < -0.39 is 5.97 Å². The molecule has 0 aliphatic rings. The Morgan fingerprint density at radius 1 is 1.32 bits per heavy atom. The highest BCUT2D eigenvalue weighted by molar-refractivity contribution is 6.17. The third-order valence-corrected chi connectivity index (χ3v) is 3.41. The lowest BCUT2D eigenvalue weighted by Crippen LogP contribution is -2.12. The van der Waals surface area contributed by atoms with Crippen molar-refractivity contribution in [1.82, 2.24) is 19.7 Å². The van der Waals surface area contributed by atoms with E-state index in [0.29, 0.717) is 22.5 Å². The smallest absolute Gasteiger partial charge is 0.339 e. The summed E-state index contributed by atoms with van der Waals surface area (Å²) in [5, 5.41) is 4.33. The lowest BCUT2D eigenvalue weighted by Gasteiger charge is -2.06. The van der Waals surface area contributed by atoms with Gasteiger partial charge >= 0.3 is 5.97 Å². The van der Waals surface area contributed by atoms with Gasteiger partial charge in [0.1, 0.15) is 5.39 Å². The second kappa shape index (κ2) is 5.98. The molecule has 1 N–H and O–H groups in total. The molecule has 0 spiro atoms. The molecule has 2 aromatic heterocycles. The Balaban J connectivity index is 1.74. The number of aromatic amines is 1. The quantitative estimate of drug-likeness (QED) is 0.584. The van der Waals surface area contributed by atoms with Crippen LogP contribution in [-0.2, 0) is 17.3 Å². The second-order valence-electron chi connectivity index (χ2n) is 4.50. The molecule has 7 nitrogen and oxygen atoms in total. The van der Waals surface area contributed by atoms with Gasteiger partial charge in [-0.05, 0) is 17.7 Å². The molecule has 0 bridgehead atoms. The first-order valence-corrected chi connectivity index (χ1v) is 6.93. The van der Waals surface area contributed by atoms with Gasteiger partial charge in [0.25, 0.3) is 5.56 Å². The number of fused-ring (bicyclic) bond motifs is 1. The summed E-state index contributed by atoms with van der Waals surface area (Å²) in [5.41, 5.74) is 1.39. The third kappa shape index (κ3) is 2.71. The van der Waals surface area contributed by atoms with E-state index in [9.17, 15) is 9.59 Å². The molecule has 112 valence electrons. The first-order chi connectivity index (χ1) is 10.7. The maximum atomic E-state index is 12.0. The molecule has 0 radical (unpaired) electrons. The van der Waals surface area contributed by atoms with Crippen LogP contribution in [0.25, 0.3) is 11.0 Å². The zero-order chi connectivity index (χ0) is 15.5. The van der Waals surface area contributed by atoms with Crippen molar-refractivity contribution in [3.8, 4) is 0 Å². The average Bonchev–Trinajstić information content (AvgIpc) is 2.97. The number of aromatic nitrogens is 4. The molecular formula is C14H11ClN4O3. The van der Waals surface area contributed by atoms with Crippen LogP contribution in [0.5, 0.6) is 0 Å². The number of nitrogens with one attached hydrogen (secondary N) is 1. The molecule has 0 saturated carbocycles. The minimum atomic E-state index is -0.491. The number of alkyl halides is 1. The van der Waals surface area contributed by atoms with Crippen molar-refractivity contribution >= 4 is 28.6 Å². The van der Waals surface area contributed by atoms with E-state index in [1.54, 1.807) is 24.3 Å². The number of hydrogen-bond donors (Lipinski definition) is 1. The maximum absolute atomic E-state index is 12.0. The Labute approximate surface area is 129 Å². The number of rotatable bonds is 4. The van der Waals surface area contributed by atoms with Gasteiger partial charge < -0.3 is 9.72 Å². The molecule has 3 aromatic rings. The number of carbonyl (C=O) groups is 1. The van der Waals surface area contributed by atoms with Crippen LogP contribution in [0.4, 0.5) is 0 Å². The predicted octanol–water partition coefficient (Wildman–Crippen LogP) is 1.67. The maximum Gasteiger partial charge on any atom is 0.339 e. The number of halogens is 1. The van der Waals surface area contributed by atoms with Gasteiger partial charge in [0.15, 0.2) is 12.4 Å². The number of carbonyl (C=O) groups excluding carboxylic acids is 1. The molecule has 0 aliphatic heterocycles. The normalized spacial score (nSPS) is 10.8. The molecule has 1 aromatic carbocycles. The highest BCUT2D eigenvalue weighted by Gasteiger charge is 2.11. The highest BCUT2D eigenvalue weighted by Crippen LogP contribution is 2.09. The van der Waals surface area contributed by atoms with Gasteiger partial charge in [-0.3, -0.25) is 4.79 Å². The van der Waals surface area contributed by atoms with Crippen LogP contribution in [0.1, 0.15) is 15.9 Å². The van der Waals surface area contributed by atoms with Crippen molar-refractivity contribution in [2.24, 2.45) is 0 Å². The summed E-state index contributed by atoms with van der Waals surface area (Å²) in [6, 6.07) is 6.80. The standard InChI is InChI=1S/C14H11ClN4O3/c15-5-9-1-3-10(4-2-9)14(21)22-8-19-12-11(6-18-19)13(20)17-7-16-12/h1-4,6-7H,5,8H2,(H,16,17,20). The Morgan fingerprint density at radius 2 is 2.09 bits per heavy atom. The Hall–Kier alpha value is -2.67. The van der Waals surface area contributed by atoms with E-state index in [1.165, 1.54) is 17.2 Å². The van der Waals surface area contributed by atoms with Gasteiger partial charge in [0.05, 0.1) is 18.1 Å². The molecular weight excluding hydrogens is 308 g/mol. The van der Waals surface area contributed by atoms with Gasteiger partial charge in [-0.1, -0.05) is 12.1 Å². The van der Waals surface area contributed by atoms with Crippen LogP contribution in [0.2, 0.25) is 0 Å². The predicted molar refractivity (Wildman–Crippen MR) is 79.6 cm³/mol. The van der Waals surface area contributed by atoms with E-state index >= 15 is 0 Å². The fraction of sp³-hybridized carbons (Fsp3) is 0.143. The van der Waals surface area contributed by atoms with E-state index in [4.69, 9.17) is 16.3 Å². The second-order valence-corrected chi connectivity index (χ2v) is 4.77. The summed E-state index contributed by atoms with van der Waals surface area (Å²) < 4.78 is 6.51. The number of H-pyrrole nitrogens is 1. The summed E-state index contributed by atoms with van der Waals surface area (Å²) >= 11 is 5.69. The molecule has 22 heavy (non-hydrogen) atoms. The number of esters is 1. The molecule has 0 atom stereocenters. The molecule has 0 unspecified atom stereocenters. The summed E-state index contributed by atoms with van der Waals surface area (Å²) in [5.74, 6) is -0.107. The highest BCUT2D eigenvalue weighted by atomic mass is 35.5. The summed E-state index contributed by atoms with van der Waals surface area (Å²) in [4.78, 5) is 30.0. The summed E-state index contributed by atoms with van der Waals surface area (Å²) in [6.07, 6.45) is 2.65. The van der Waals surface area contributed by atoms with Crippen LogP contribution in [0.3, 0.4) is 0 Å². The average molecular weight is 319 g/mol. The van der Waals surface area contributed by atoms with Crippen molar-refractivity contribution in [1.29, 1.82) is 0 Å². The topological polar surface area (TPSA) is 89.9 Å². The number of benzene rings is 1. The molecule has 3 rings (SSSR count). The van der Waals surface area contributed by atoms with E-state index in [1.807, 2.05) is 0 Å². The molecule has 2 heterocycles. The lowest BCUT2D eigenvalue weighted by atomic mass is 10.1. The van der Waals surface area contributed by atoms with Crippen LogP contribution < -0.4 is 5.56 Å². The van der Waals surface area contributed by atoms with Gasteiger partial charge in [-0.25, -0.2) is 14.5 Å². The fourth-order valence-electron chi connectivity index (χ4n) is 1.93. The minimum absolute atomic E-state index is 0.129. The third-order valence-electron chi connectivity index (χ3n) is 3.10. The Morgan fingerprint density at radius 3 is 2.82 bits per heavy atom. The first kappa shape index (κ1) is 14.3. The molecule has 8 heteroatoms. The zero-order valence-corrected chi connectivity index (χ0v) is 12.1.